The summed E-state index contributed by atoms with van der Waals surface area (Å²) in [6.07, 6.45) is 0. The summed E-state index contributed by atoms with van der Waals surface area (Å²) in [5, 5.41) is 2.92. The van der Waals surface area contributed by atoms with Gasteiger partial charge in [0.15, 0.2) is 0 Å². The van der Waals surface area contributed by atoms with E-state index < -0.39 is 18.9 Å². The summed E-state index contributed by atoms with van der Waals surface area (Å²) in [6.45, 7) is 15.9. The van der Waals surface area contributed by atoms with Gasteiger partial charge < -0.3 is 0 Å². The van der Waals surface area contributed by atoms with Crippen molar-refractivity contribution < 1.29 is 13.6 Å². The second-order valence-electron chi connectivity index (χ2n) is 6.66. The molecule has 0 aromatic carbocycles. The summed E-state index contributed by atoms with van der Waals surface area (Å²) in [5.74, 6) is 0.385. The van der Waals surface area contributed by atoms with Crippen molar-refractivity contribution in [1.29, 1.82) is 0 Å². The van der Waals surface area contributed by atoms with Gasteiger partial charge in [-0.05, 0) is 47.5 Å². The molecule has 1 N–H and O–H groups in total. The molecule has 17 heavy (non-hydrogen) atoms. The Bertz CT molecular complexity index is 256. The molecule has 0 saturated heterocycles. The van der Waals surface area contributed by atoms with Gasteiger partial charge in [0, 0.05) is 6.54 Å². The predicted molar refractivity (Wildman–Crippen MR) is 72.1 cm³/mol. The minimum Gasteiger partial charge on any atom is -0.291 e. The minimum absolute atomic E-state index is 0.385. The van der Waals surface area contributed by atoms with Crippen molar-refractivity contribution in [3.05, 3.63) is 0 Å². The first-order valence-corrected chi connectivity index (χ1v) is 7.64. The fraction of sp³-hybridized carbons (Fsp3) is 1.00. The Morgan fingerprint density at radius 2 is 1.35 bits per heavy atom. The van der Waals surface area contributed by atoms with E-state index in [2.05, 4.69) is 5.09 Å². The second-order valence-corrected chi connectivity index (χ2v) is 8.34. The van der Waals surface area contributed by atoms with Crippen LogP contribution < -0.4 is 5.09 Å². The van der Waals surface area contributed by atoms with Crippen LogP contribution in [0.4, 0.5) is 0 Å². The summed E-state index contributed by atoms with van der Waals surface area (Å²) in [5.41, 5.74) is -1.02. The lowest BCUT2D eigenvalue weighted by Gasteiger charge is -2.32. The quantitative estimate of drug-likeness (QED) is 0.764. The molecular weight excluding hydrogens is 237 g/mol. The molecule has 0 aliphatic rings. The SMILES string of the molecule is CC(C)CNP(=O)(OC(C)(C)C)OC(C)(C)C. The number of hydrogen-bond donors (Lipinski definition) is 1. The molecule has 0 aromatic rings. The first-order chi connectivity index (χ1) is 7.33. The van der Waals surface area contributed by atoms with Gasteiger partial charge in [-0.3, -0.25) is 9.05 Å². The molecule has 0 fully saturated rings. The van der Waals surface area contributed by atoms with Gasteiger partial charge in [0.05, 0.1) is 11.2 Å². The van der Waals surface area contributed by atoms with E-state index in [1.165, 1.54) is 0 Å². The van der Waals surface area contributed by atoms with Gasteiger partial charge in [-0.15, -0.1) is 0 Å². The van der Waals surface area contributed by atoms with Gasteiger partial charge >= 0.3 is 7.75 Å². The predicted octanol–water partition coefficient (Wildman–Crippen LogP) is 3.97. The molecule has 0 radical (unpaired) electrons. The van der Waals surface area contributed by atoms with Crippen LogP contribution in [0.3, 0.4) is 0 Å². The third kappa shape index (κ3) is 9.78. The highest BCUT2D eigenvalue weighted by Crippen LogP contribution is 2.50. The molecule has 5 heteroatoms. The Kier molecular flexibility index (Phi) is 5.87. The van der Waals surface area contributed by atoms with Crippen molar-refractivity contribution in [3.63, 3.8) is 0 Å². The molecule has 0 unspecified atom stereocenters. The third-order valence-electron chi connectivity index (χ3n) is 1.48. The zero-order valence-electron chi connectivity index (χ0n) is 12.5. The third-order valence-corrected chi connectivity index (χ3v) is 3.63. The van der Waals surface area contributed by atoms with Gasteiger partial charge in [-0.2, -0.15) is 0 Å². The second kappa shape index (κ2) is 5.83. The fourth-order valence-electron chi connectivity index (χ4n) is 1.10. The van der Waals surface area contributed by atoms with Gasteiger partial charge in [0.1, 0.15) is 0 Å². The normalized spacial score (nSPS) is 14.4. The molecular formula is C12H28NO3P. The Morgan fingerprint density at radius 3 is 1.59 bits per heavy atom. The Morgan fingerprint density at radius 1 is 1.00 bits per heavy atom. The smallest absolute Gasteiger partial charge is 0.291 e. The van der Waals surface area contributed by atoms with Crippen molar-refractivity contribution in [3.8, 4) is 0 Å². The first kappa shape index (κ1) is 17.1. The molecule has 4 nitrogen and oxygen atoms in total. The zero-order chi connectivity index (χ0) is 13.9. The van der Waals surface area contributed by atoms with E-state index in [4.69, 9.17) is 9.05 Å². The molecule has 104 valence electrons. The Balaban J connectivity index is 4.76. The summed E-state index contributed by atoms with van der Waals surface area (Å²) < 4.78 is 23.7. The number of nitrogens with one attached hydrogen (secondary N) is 1. The number of hydrogen-bond acceptors (Lipinski definition) is 3. The van der Waals surface area contributed by atoms with Crippen LogP contribution >= 0.6 is 7.75 Å². The molecule has 0 amide bonds. The maximum atomic E-state index is 12.6. The van der Waals surface area contributed by atoms with Crippen LogP contribution in [-0.2, 0) is 13.6 Å². The molecule has 0 aliphatic carbocycles. The Hall–Kier alpha value is 0.110. The fourth-order valence-corrected chi connectivity index (χ4v) is 3.30. The average Bonchev–Trinajstić information content (AvgIpc) is 1.93. The van der Waals surface area contributed by atoms with Crippen LogP contribution in [0.15, 0.2) is 0 Å². The van der Waals surface area contributed by atoms with Crippen molar-refractivity contribution >= 4 is 7.75 Å². The topological polar surface area (TPSA) is 47.6 Å². The molecule has 0 heterocycles. The maximum absolute atomic E-state index is 12.6. The molecule has 0 rings (SSSR count). The van der Waals surface area contributed by atoms with Crippen molar-refractivity contribution in [1.82, 2.24) is 5.09 Å². The molecule has 0 bridgehead atoms. The first-order valence-electron chi connectivity index (χ1n) is 6.10. The van der Waals surface area contributed by atoms with E-state index in [-0.39, 0.29) is 0 Å². The van der Waals surface area contributed by atoms with E-state index in [9.17, 15) is 4.57 Å². The largest absolute Gasteiger partial charge is 0.406 e. The lowest BCUT2D eigenvalue weighted by molar-refractivity contribution is 0.0438. The van der Waals surface area contributed by atoms with Crippen molar-refractivity contribution in [2.45, 2.75) is 66.6 Å². The highest BCUT2D eigenvalue weighted by Gasteiger charge is 2.35. The summed E-state index contributed by atoms with van der Waals surface area (Å²) >= 11 is 0. The maximum Gasteiger partial charge on any atom is 0.406 e. The van der Waals surface area contributed by atoms with Crippen LogP contribution in [-0.4, -0.2) is 17.7 Å². The zero-order valence-corrected chi connectivity index (χ0v) is 13.4. The van der Waals surface area contributed by atoms with E-state index in [1.54, 1.807) is 0 Å². The van der Waals surface area contributed by atoms with Crippen LogP contribution in [0.5, 0.6) is 0 Å². The van der Waals surface area contributed by atoms with Crippen molar-refractivity contribution in [2.75, 3.05) is 6.54 Å². The van der Waals surface area contributed by atoms with E-state index in [0.29, 0.717) is 12.5 Å². The highest BCUT2D eigenvalue weighted by atomic mass is 31.2. The molecule has 0 spiro atoms. The summed E-state index contributed by atoms with van der Waals surface area (Å²) in [6, 6.07) is 0. The minimum atomic E-state index is -3.27. The van der Waals surface area contributed by atoms with Crippen molar-refractivity contribution in [2.24, 2.45) is 5.92 Å². The molecule has 0 aliphatic heterocycles. The van der Waals surface area contributed by atoms with Crippen LogP contribution in [0, 0.1) is 5.92 Å². The standard InChI is InChI=1S/C12H28NO3P/c1-10(2)9-13-17(14,15-11(3,4)5)16-12(6,7)8/h10H,9H2,1-8H3,(H,13,14). The lowest BCUT2D eigenvalue weighted by atomic mass is 10.2. The number of rotatable bonds is 5. The van der Waals surface area contributed by atoms with Gasteiger partial charge in [-0.25, -0.2) is 9.65 Å². The van der Waals surface area contributed by atoms with Crippen LogP contribution in [0.25, 0.3) is 0 Å². The summed E-state index contributed by atoms with van der Waals surface area (Å²) in [4.78, 5) is 0. The van der Waals surface area contributed by atoms with Crippen LogP contribution in [0.2, 0.25) is 0 Å². The monoisotopic (exact) mass is 265 g/mol. The molecule has 0 atom stereocenters. The Labute approximate surface area is 106 Å². The van der Waals surface area contributed by atoms with E-state index in [0.717, 1.165) is 0 Å². The van der Waals surface area contributed by atoms with Gasteiger partial charge in [0.25, 0.3) is 0 Å². The highest BCUT2D eigenvalue weighted by molar-refractivity contribution is 7.51. The van der Waals surface area contributed by atoms with Gasteiger partial charge in [-0.1, -0.05) is 13.8 Å². The summed E-state index contributed by atoms with van der Waals surface area (Å²) in [7, 11) is -3.27. The molecule has 0 aromatic heterocycles. The molecule has 0 saturated carbocycles. The van der Waals surface area contributed by atoms with Crippen LogP contribution in [0.1, 0.15) is 55.4 Å². The average molecular weight is 265 g/mol. The van der Waals surface area contributed by atoms with Gasteiger partial charge in [0.2, 0.25) is 0 Å². The van der Waals surface area contributed by atoms with E-state index >= 15 is 0 Å². The lowest BCUT2D eigenvalue weighted by Crippen LogP contribution is -2.30. The van der Waals surface area contributed by atoms with E-state index in [1.807, 2.05) is 55.4 Å².